The molecule has 3 rings (SSSR count). The van der Waals surface area contributed by atoms with Crippen molar-refractivity contribution in [2.45, 2.75) is 52.8 Å². The molecule has 0 bridgehead atoms. The minimum atomic E-state index is 0.238. The van der Waals surface area contributed by atoms with Gasteiger partial charge in [-0.1, -0.05) is 12.1 Å². The van der Waals surface area contributed by atoms with Gasteiger partial charge in [-0.25, -0.2) is 0 Å². The number of rotatable bonds is 7. The summed E-state index contributed by atoms with van der Waals surface area (Å²) < 4.78 is 13.7. The van der Waals surface area contributed by atoms with Crippen LogP contribution in [-0.2, 0) is 24.9 Å². The second kappa shape index (κ2) is 8.02. The smallest absolute Gasteiger partial charge is 0.124 e. The molecule has 1 aliphatic heterocycles. The summed E-state index contributed by atoms with van der Waals surface area (Å²) in [7, 11) is 1.99. The minimum absolute atomic E-state index is 0.238. The van der Waals surface area contributed by atoms with E-state index in [2.05, 4.69) is 49.4 Å². The Morgan fingerprint density at radius 1 is 1.28 bits per heavy atom. The second-order valence-corrected chi connectivity index (χ2v) is 6.93. The van der Waals surface area contributed by atoms with E-state index in [-0.39, 0.29) is 6.10 Å². The monoisotopic (exact) mass is 343 g/mol. The summed E-state index contributed by atoms with van der Waals surface area (Å²) in [5.74, 6) is 0.961. The molecule has 5 nitrogen and oxygen atoms in total. The number of hydrogen-bond donors (Lipinski definition) is 1. The predicted octanol–water partition coefficient (Wildman–Crippen LogP) is 3.19. The maximum atomic E-state index is 6.07. The molecular formula is C20H29N3O2. The maximum absolute atomic E-state index is 6.07. The Balaban J connectivity index is 1.61. The van der Waals surface area contributed by atoms with Crippen molar-refractivity contribution in [3.63, 3.8) is 0 Å². The Kier molecular flexibility index (Phi) is 5.76. The van der Waals surface area contributed by atoms with Gasteiger partial charge in [0.2, 0.25) is 0 Å². The van der Waals surface area contributed by atoms with Crippen LogP contribution in [0, 0.1) is 20.8 Å². The van der Waals surface area contributed by atoms with Crippen molar-refractivity contribution in [1.82, 2.24) is 15.1 Å². The van der Waals surface area contributed by atoms with Gasteiger partial charge in [0.05, 0.1) is 11.8 Å². The Hall–Kier alpha value is -1.85. The van der Waals surface area contributed by atoms with Gasteiger partial charge in [-0.05, 0) is 45.2 Å². The van der Waals surface area contributed by atoms with Gasteiger partial charge in [-0.15, -0.1) is 0 Å². The molecule has 1 atom stereocenters. The summed E-state index contributed by atoms with van der Waals surface area (Å²) in [6.07, 6.45) is 2.47. The summed E-state index contributed by atoms with van der Waals surface area (Å²) in [6, 6.07) is 6.40. The van der Waals surface area contributed by atoms with Crippen LogP contribution >= 0.6 is 0 Å². The van der Waals surface area contributed by atoms with Crippen molar-refractivity contribution in [2.75, 3.05) is 13.2 Å². The molecule has 0 saturated carbocycles. The van der Waals surface area contributed by atoms with Gasteiger partial charge in [0, 0.05) is 43.6 Å². The van der Waals surface area contributed by atoms with E-state index < -0.39 is 0 Å². The van der Waals surface area contributed by atoms with Crippen LogP contribution in [0.25, 0.3) is 0 Å². The van der Waals surface area contributed by atoms with E-state index in [0.29, 0.717) is 6.61 Å². The average Bonchev–Trinajstić information content (AvgIpc) is 3.18. The van der Waals surface area contributed by atoms with E-state index in [0.717, 1.165) is 44.0 Å². The molecule has 0 unspecified atom stereocenters. The van der Waals surface area contributed by atoms with Crippen LogP contribution in [0.1, 0.15) is 40.9 Å². The number of aryl methyl sites for hydroxylation is 3. The molecule has 25 heavy (non-hydrogen) atoms. The van der Waals surface area contributed by atoms with Gasteiger partial charge >= 0.3 is 0 Å². The fourth-order valence-electron chi connectivity index (χ4n) is 3.30. The van der Waals surface area contributed by atoms with Crippen LogP contribution in [0.4, 0.5) is 0 Å². The second-order valence-electron chi connectivity index (χ2n) is 6.93. The molecule has 1 aliphatic rings. The summed E-state index contributed by atoms with van der Waals surface area (Å²) in [4.78, 5) is 0. The van der Waals surface area contributed by atoms with Crippen molar-refractivity contribution in [3.05, 3.63) is 46.3 Å². The summed E-state index contributed by atoms with van der Waals surface area (Å²) >= 11 is 0. The lowest BCUT2D eigenvalue weighted by Crippen LogP contribution is -2.18. The van der Waals surface area contributed by atoms with Crippen LogP contribution in [0.15, 0.2) is 18.2 Å². The van der Waals surface area contributed by atoms with Gasteiger partial charge in [0.1, 0.15) is 12.4 Å². The topological polar surface area (TPSA) is 48.3 Å². The van der Waals surface area contributed by atoms with E-state index in [1.165, 1.54) is 22.4 Å². The van der Waals surface area contributed by atoms with Gasteiger partial charge < -0.3 is 14.8 Å². The maximum Gasteiger partial charge on any atom is 0.124 e. The molecule has 0 spiro atoms. The van der Waals surface area contributed by atoms with E-state index in [1.54, 1.807) is 0 Å². The van der Waals surface area contributed by atoms with Crippen molar-refractivity contribution >= 4 is 0 Å². The van der Waals surface area contributed by atoms with Crippen LogP contribution in [-0.4, -0.2) is 29.1 Å². The average molecular weight is 343 g/mol. The van der Waals surface area contributed by atoms with Gasteiger partial charge in [-0.2, -0.15) is 5.10 Å². The summed E-state index contributed by atoms with van der Waals surface area (Å²) in [5.41, 5.74) is 5.97. The number of nitrogens with one attached hydrogen (secondary N) is 1. The zero-order valence-corrected chi connectivity index (χ0v) is 15.8. The molecule has 0 amide bonds. The molecule has 1 aromatic carbocycles. The number of benzene rings is 1. The third-order valence-electron chi connectivity index (χ3n) is 4.95. The summed E-state index contributed by atoms with van der Waals surface area (Å²) in [6.45, 7) is 9.35. The van der Waals surface area contributed by atoms with Crippen molar-refractivity contribution in [1.29, 1.82) is 0 Å². The molecule has 136 valence electrons. The Morgan fingerprint density at radius 2 is 2.12 bits per heavy atom. The van der Waals surface area contributed by atoms with Gasteiger partial charge in [0.25, 0.3) is 0 Å². The highest BCUT2D eigenvalue weighted by Crippen LogP contribution is 2.22. The molecule has 2 heterocycles. The highest BCUT2D eigenvalue weighted by atomic mass is 16.5. The Bertz CT molecular complexity index is 718. The van der Waals surface area contributed by atoms with Crippen LogP contribution < -0.4 is 10.1 Å². The molecule has 1 aromatic heterocycles. The highest BCUT2D eigenvalue weighted by Gasteiger charge is 2.17. The van der Waals surface area contributed by atoms with Crippen molar-refractivity contribution in [3.8, 4) is 5.75 Å². The van der Waals surface area contributed by atoms with Crippen LogP contribution in [0.2, 0.25) is 0 Å². The Labute approximate surface area is 150 Å². The molecule has 5 heteroatoms. The normalized spacial score (nSPS) is 17.2. The fraction of sp³-hybridized carbons (Fsp3) is 0.550. The lowest BCUT2D eigenvalue weighted by molar-refractivity contribution is 0.0675. The number of nitrogens with zero attached hydrogens (tertiary/aromatic N) is 2. The van der Waals surface area contributed by atoms with E-state index in [9.17, 15) is 0 Å². The van der Waals surface area contributed by atoms with E-state index in [4.69, 9.17) is 9.47 Å². The predicted molar refractivity (Wildman–Crippen MR) is 98.9 cm³/mol. The first kappa shape index (κ1) is 18.0. The highest BCUT2D eigenvalue weighted by molar-refractivity contribution is 5.37. The first-order valence-electron chi connectivity index (χ1n) is 9.08. The fourth-order valence-corrected chi connectivity index (χ4v) is 3.30. The largest absolute Gasteiger partial charge is 0.491 e. The third kappa shape index (κ3) is 4.41. The molecule has 1 saturated heterocycles. The van der Waals surface area contributed by atoms with Crippen molar-refractivity contribution < 1.29 is 9.47 Å². The van der Waals surface area contributed by atoms with Crippen LogP contribution in [0.5, 0.6) is 5.75 Å². The minimum Gasteiger partial charge on any atom is -0.491 e. The number of ether oxygens (including phenoxy) is 2. The molecule has 1 fully saturated rings. The Morgan fingerprint density at radius 3 is 2.80 bits per heavy atom. The van der Waals surface area contributed by atoms with Crippen LogP contribution in [0.3, 0.4) is 0 Å². The molecule has 2 aromatic rings. The lowest BCUT2D eigenvalue weighted by atomic mass is 10.1. The van der Waals surface area contributed by atoms with E-state index >= 15 is 0 Å². The first-order valence-corrected chi connectivity index (χ1v) is 9.08. The van der Waals surface area contributed by atoms with E-state index in [1.807, 2.05) is 11.7 Å². The molecule has 0 aliphatic carbocycles. The summed E-state index contributed by atoms with van der Waals surface area (Å²) in [5, 5.41) is 8.01. The zero-order valence-electron chi connectivity index (χ0n) is 15.8. The lowest BCUT2D eigenvalue weighted by Gasteiger charge is -2.16. The molecule has 0 radical (unpaired) electrons. The molecular weight excluding hydrogens is 314 g/mol. The van der Waals surface area contributed by atoms with Crippen molar-refractivity contribution in [2.24, 2.45) is 7.05 Å². The SMILES string of the molecule is Cc1ccc(CNCc2c(C)nn(C)c2C)c(OC[C@H]2CCCO2)c1. The number of hydrogen-bond acceptors (Lipinski definition) is 4. The molecule has 1 N–H and O–H groups in total. The van der Waals surface area contributed by atoms with Gasteiger partial charge in [-0.3, -0.25) is 4.68 Å². The third-order valence-corrected chi connectivity index (χ3v) is 4.95. The first-order chi connectivity index (χ1) is 12.0. The zero-order chi connectivity index (χ0) is 17.8. The quantitative estimate of drug-likeness (QED) is 0.839. The number of aromatic nitrogens is 2. The van der Waals surface area contributed by atoms with Gasteiger partial charge in [0.15, 0.2) is 0 Å². The standard InChI is InChI=1S/C20H29N3O2/c1-14-7-8-17(20(10-14)25-13-18-6-5-9-24-18)11-21-12-19-15(2)22-23(4)16(19)3/h7-8,10,18,21H,5-6,9,11-13H2,1-4H3/t18-/m1/s1.